The molecule has 0 unspecified atom stereocenters. The Morgan fingerprint density at radius 2 is 1.69 bits per heavy atom. The van der Waals surface area contributed by atoms with Crippen molar-refractivity contribution in [2.24, 2.45) is 0 Å². The fourth-order valence-corrected chi connectivity index (χ4v) is 2.86. The molecule has 3 rings (SSSR count). The highest BCUT2D eigenvalue weighted by Gasteiger charge is 2.12. The summed E-state index contributed by atoms with van der Waals surface area (Å²) in [7, 11) is 0. The Kier molecular flexibility index (Phi) is 5.61. The van der Waals surface area contributed by atoms with Crippen molar-refractivity contribution in [2.45, 2.75) is 0 Å². The van der Waals surface area contributed by atoms with E-state index < -0.39 is 11.8 Å². The first-order valence-corrected chi connectivity index (χ1v) is 8.45. The van der Waals surface area contributed by atoms with Gasteiger partial charge in [-0.05, 0) is 29.7 Å². The van der Waals surface area contributed by atoms with Crippen molar-refractivity contribution in [1.82, 2.24) is 10.9 Å². The predicted molar refractivity (Wildman–Crippen MR) is 102 cm³/mol. The van der Waals surface area contributed by atoms with Crippen molar-refractivity contribution in [3.05, 3.63) is 76.3 Å². The smallest absolute Gasteiger partial charge is 0.276 e. The van der Waals surface area contributed by atoms with Gasteiger partial charge in [-0.1, -0.05) is 59.6 Å². The Morgan fingerprint density at radius 1 is 0.923 bits per heavy atom. The van der Waals surface area contributed by atoms with Gasteiger partial charge in [0.25, 0.3) is 11.8 Å². The Morgan fingerprint density at radius 3 is 2.50 bits per heavy atom. The maximum Gasteiger partial charge on any atom is 0.276 e. The molecule has 0 aromatic heterocycles. The van der Waals surface area contributed by atoms with Crippen LogP contribution in [-0.2, 0) is 4.79 Å². The summed E-state index contributed by atoms with van der Waals surface area (Å²) >= 11 is 11.7. The molecule has 2 N–H and O–H groups in total. The van der Waals surface area contributed by atoms with Gasteiger partial charge in [-0.15, -0.1) is 0 Å². The fraction of sp³-hybridized carbons (Fsp3) is 0.0526. The van der Waals surface area contributed by atoms with Crippen LogP contribution in [0.2, 0.25) is 10.0 Å². The zero-order valence-electron chi connectivity index (χ0n) is 13.5. The maximum atomic E-state index is 12.0. The first-order valence-electron chi connectivity index (χ1n) is 7.69. The first kappa shape index (κ1) is 18.0. The molecule has 0 saturated carbocycles. The summed E-state index contributed by atoms with van der Waals surface area (Å²) in [6, 6.07) is 17.7. The Hall–Kier alpha value is -2.76. The van der Waals surface area contributed by atoms with Crippen LogP contribution >= 0.6 is 23.2 Å². The molecule has 0 atom stereocenters. The lowest BCUT2D eigenvalue weighted by Crippen LogP contribution is -2.43. The average molecular weight is 389 g/mol. The van der Waals surface area contributed by atoms with Crippen molar-refractivity contribution in [2.75, 3.05) is 6.61 Å². The van der Waals surface area contributed by atoms with E-state index in [1.54, 1.807) is 6.07 Å². The molecule has 3 aromatic carbocycles. The molecule has 5 nitrogen and oxygen atoms in total. The molecule has 0 aliphatic carbocycles. The number of benzene rings is 3. The second kappa shape index (κ2) is 8.08. The summed E-state index contributed by atoms with van der Waals surface area (Å²) in [5.41, 5.74) is 4.77. The Bertz CT molecular complexity index is 971. The first-order chi connectivity index (χ1) is 12.5. The molecule has 0 fully saturated rings. The standard InChI is InChI=1S/C19H14Cl2N2O3/c20-13-8-9-15(16(21)10-13)19(25)23-22-18(24)11-26-17-7-3-5-12-4-1-2-6-14(12)17/h1-10H,11H2,(H,22,24)(H,23,25). The number of hydrazine groups is 1. The molecule has 2 amide bonds. The van der Waals surface area contributed by atoms with Gasteiger partial charge >= 0.3 is 0 Å². The van der Waals surface area contributed by atoms with Crippen LogP contribution in [0, 0.1) is 0 Å². The van der Waals surface area contributed by atoms with Gasteiger partial charge in [-0.2, -0.15) is 0 Å². The van der Waals surface area contributed by atoms with Gasteiger partial charge in [-0.3, -0.25) is 20.4 Å². The van der Waals surface area contributed by atoms with Crippen molar-refractivity contribution in [3.8, 4) is 5.75 Å². The third-order valence-corrected chi connectivity index (χ3v) is 4.15. The van der Waals surface area contributed by atoms with Gasteiger partial charge in [0.2, 0.25) is 0 Å². The van der Waals surface area contributed by atoms with E-state index in [9.17, 15) is 9.59 Å². The summed E-state index contributed by atoms with van der Waals surface area (Å²) in [5.74, 6) is -0.466. The molecule has 0 spiro atoms. The van der Waals surface area contributed by atoms with Gasteiger partial charge in [0.15, 0.2) is 6.61 Å². The number of hydrogen-bond donors (Lipinski definition) is 2. The van der Waals surface area contributed by atoms with Crippen LogP contribution in [0.4, 0.5) is 0 Å². The number of nitrogens with one attached hydrogen (secondary N) is 2. The molecule has 0 heterocycles. The number of halogens is 2. The quantitative estimate of drug-likeness (QED) is 0.664. The normalized spacial score (nSPS) is 10.4. The topological polar surface area (TPSA) is 67.4 Å². The molecule has 3 aromatic rings. The molecule has 0 aliphatic rings. The highest BCUT2D eigenvalue weighted by atomic mass is 35.5. The van der Waals surface area contributed by atoms with E-state index in [2.05, 4.69) is 10.9 Å². The van der Waals surface area contributed by atoms with Gasteiger partial charge < -0.3 is 4.74 Å². The molecule has 0 aliphatic heterocycles. The number of amides is 2. The number of carbonyl (C=O) groups excluding carboxylic acids is 2. The molecule has 7 heteroatoms. The van der Waals surface area contributed by atoms with Crippen LogP contribution < -0.4 is 15.6 Å². The lowest BCUT2D eigenvalue weighted by Gasteiger charge is -2.11. The van der Waals surface area contributed by atoms with Crippen LogP contribution in [0.3, 0.4) is 0 Å². The summed E-state index contributed by atoms with van der Waals surface area (Å²) in [6.07, 6.45) is 0. The lowest BCUT2D eigenvalue weighted by atomic mass is 10.1. The highest BCUT2D eigenvalue weighted by molar-refractivity contribution is 6.36. The van der Waals surface area contributed by atoms with E-state index in [1.165, 1.54) is 18.2 Å². The molecular formula is C19H14Cl2N2O3. The van der Waals surface area contributed by atoms with Crippen LogP contribution in [0.5, 0.6) is 5.75 Å². The number of carbonyl (C=O) groups is 2. The second-order valence-electron chi connectivity index (χ2n) is 5.39. The summed E-state index contributed by atoms with van der Waals surface area (Å²) in [5, 5.41) is 2.52. The van der Waals surface area contributed by atoms with E-state index in [0.29, 0.717) is 10.8 Å². The number of fused-ring (bicyclic) bond motifs is 1. The van der Waals surface area contributed by atoms with Crippen LogP contribution in [0.25, 0.3) is 10.8 Å². The Labute approximate surface area is 159 Å². The zero-order valence-corrected chi connectivity index (χ0v) is 15.0. The largest absolute Gasteiger partial charge is 0.483 e. The summed E-state index contributed by atoms with van der Waals surface area (Å²) in [4.78, 5) is 24.0. The minimum Gasteiger partial charge on any atom is -0.483 e. The minimum atomic E-state index is -0.551. The Balaban J connectivity index is 1.56. The third kappa shape index (κ3) is 4.25. The van der Waals surface area contributed by atoms with E-state index in [-0.39, 0.29) is 17.2 Å². The summed E-state index contributed by atoms with van der Waals surface area (Å²) in [6.45, 7) is -0.247. The molecular weight excluding hydrogens is 375 g/mol. The van der Waals surface area contributed by atoms with Gasteiger partial charge in [0, 0.05) is 10.4 Å². The van der Waals surface area contributed by atoms with E-state index in [4.69, 9.17) is 27.9 Å². The van der Waals surface area contributed by atoms with Crippen LogP contribution in [0.15, 0.2) is 60.7 Å². The molecule has 26 heavy (non-hydrogen) atoms. The number of ether oxygens (including phenoxy) is 1. The third-order valence-electron chi connectivity index (χ3n) is 3.60. The average Bonchev–Trinajstić information content (AvgIpc) is 2.64. The minimum absolute atomic E-state index is 0.191. The van der Waals surface area contributed by atoms with Crippen LogP contribution in [0.1, 0.15) is 10.4 Å². The number of rotatable bonds is 4. The van der Waals surface area contributed by atoms with Gasteiger partial charge in [0.1, 0.15) is 5.75 Å². The molecule has 0 saturated heterocycles. The van der Waals surface area contributed by atoms with E-state index in [1.807, 2.05) is 36.4 Å². The summed E-state index contributed by atoms with van der Waals surface area (Å²) < 4.78 is 5.55. The molecule has 132 valence electrons. The molecule has 0 bridgehead atoms. The molecule has 0 radical (unpaired) electrons. The SMILES string of the molecule is O=C(COc1cccc2ccccc12)NNC(=O)c1ccc(Cl)cc1Cl. The highest BCUT2D eigenvalue weighted by Crippen LogP contribution is 2.25. The van der Waals surface area contributed by atoms with E-state index >= 15 is 0 Å². The van der Waals surface area contributed by atoms with Crippen molar-refractivity contribution >= 4 is 45.8 Å². The van der Waals surface area contributed by atoms with Crippen molar-refractivity contribution in [3.63, 3.8) is 0 Å². The van der Waals surface area contributed by atoms with Crippen molar-refractivity contribution in [1.29, 1.82) is 0 Å². The monoisotopic (exact) mass is 388 g/mol. The van der Waals surface area contributed by atoms with Crippen LogP contribution in [-0.4, -0.2) is 18.4 Å². The van der Waals surface area contributed by atoms with Crippen molar-refractivity contribution < 1.29 is 14.3 Å². The number of hydrogen-bond acceptors (Lipinski definition) is 3. The maximum absolute atomic E-state index is 12.0. The predicted octanol–water partition coefficient (Wildman–Crippen LogP) is 3.99. The van der Waals surface area contributed by atoms with E-state index in [0.717, 1.165) is 10.8 Å². The second-order valence-corrected chi connectivity index (χ2v) is 6.24. The zero-order chi connectivity index (χ0) is 18.5. The lowest BCUT2D eigenvalue weighted by molar-refractivity contribution is -0.123. The van der Waals surface area contributed by atoms with Gasteiger partial charge in [-0.25, -0.2) is 0 Å². The van der Waals surface area contributed by atoms with Gasteiger partial charge in [0.05, 0.1) is 10.6 Å². The fourth-order valence-electron chi connectivity index (χ4n) is 2.37.